The normalized spacial score (nSPS) is 24.4. The molecule has 0 aliphatic heterocycles. The summed E-state index contributed by atoms with van der Waals surface area (Å²) >= 11 is 0. The Bertz CT molecular complexity index is 736. The molecule has 1 N–H and O–H groups in total. The highest BCUT2D eigenvalue weighted by Crippen LogP contribution is 2.44. The van der Waals surface area contributed by atoms with Gasteiger partial charge in [-0.3, -0.25) is 0 Å². The maximum atomic E-state index is 3.56. The highest BCUT2D eigenvalue weighted by atomic mass is 14.9. The Hall–Kier alpha value is -1.86. The molecule has 2 aliphatic rings. The largest absolute Gasteiger partial charge is 0.310 e. The summed E-state index contributed by atoms with van der Waals surface area (Å²) in [5.74, 6) is 0.443. The molecule has 0 aromatic heterocycles. The second-order valence-corrected chi connectivity index (χ2v) is 7.32. The molecular formula is C23H29N. The van der Waals surface area contributed by atoms with Gasteiger partial charge in [0.2, 0.25) is 0 Å². The Morgan fingerprint density at radius 2 is 1.67 bits per heavy atom. The molecule has 1 nitrogen and oxygen atoms in total. The fourth-order valence-electron chi connectivity index (χ4n) is 4.20. The van der Waals surface area contributed by atoms with Crippen LogP contribution in [-0.4, -0.2) is 12.6 Å². The van der Waals surface area contributed by atoms with Gasteiger partial charge in [0, 0.05) is 11.5 Å². The van der Waals surface area contributed by atoms with Crippen LogP contribution in [0.25, 0.3) is 0 Å². The maximum absolute atomic E-state index is 3.56. The molecule has 1 aromatic rings. The number of likely N-dealkylation sites (N-methyl/N-ethyl adjacent to an activating group) is 1. The summed E-state index contributed by atoms with van der Waals surface area (Å²) in [6.45, 7) is 9.13. The van der Waals surface area contributed by atoms with Crippen LogP contribution in [0.4, 0.5) is 0 Å². The van der Waals surface area contributed by atoms with E-state index in [0.29, 0.717) is 5.92 Å². The molecular weight excluding hydrogens is 290 g/mol. The van der Waals surface area contributed by atoms with Crippen LogP contribution >= 0.6 is 0 Å². The second kappa shape index (κ2) is 6.57. The minimum Gasteiger partial charge on any atom is -0.310 e. The van der Waals surface area contributed by atoms with Crippen molar-refractivity contribution >= 4 is 0 Å². The van der Waals surface area contributed by atoms with Crippen molar-refractivity contribution in [2.75, 3.05) is 7.05 Å². The summed E-state index contributed by atoms with van der Waals surface area (Å²) < 4.78 is 0. The molecule has 1 aromatic carbocycles. The molecule has 126 valence electrons. The van der Waals surface area contributed by atoms with Crippen molar-refractivity contribution in [3.05, 3.63) is 82.0 Å². The molecule has 0 spiro atoms. The summed E-state index contributed by atoms with van der Waals surface area (Å²) in [5.41, 5.74) is 8.92. The third-order valence-electron chi connectivity index (χ3n) is 6.13. The standard InChI is InChI=1S/C23H29N/c1-16-17(2)19(4)22(18(16)3)21-12-8-7-11-20(21)15-23(24-5)13-9-6-10-14-23/h6-13,22,24H,14-15H2,1-5H3. The van der Waals surface area contributed by atoms with E-state index >= 15 is 0 Å². The average Bonchev–Trinajstić information content (AvgIpc) is 2.80. The van der Waals surface area contributed by atoms with Crippen LogP contribution < -0.4 is 5.32 Å². The second-order valence-electron chi connectivity index (χ2n) is 7.32. The molecule has 0 heterocycles. The number of hydrogen-bond acceptors (Lipinski definition) is 1. The van der Waals surface area contributed by atoms with Crippen molar-refractivity contribution in [1.82, 2.24) is 5.32 Å². The first-order valence-electron chi connectivity index (χ1n) is 8.95. The lowest BCUT2D eigenvalue weighted by atomic mass is 9.79. The Kier molecular flexibility index (Phi) is 4.64. The highest BCUT2D eigenvalue weighted by molar-refractivity contribution is 5.55. The predicted molar refractivity (Wildman–Crippen MR) is 104 cm³/mol. The molecule has 24 heavy (non-hydrogen) atoms. The molecule has 0 saturated carbocycles. The molecule has 0 radical (unpaired) electrons. The minimum atomic E-state index is 0.0305. The molecule has 1 unspecified atom stereocenters. The lowest BCUT2D eigenvalue weighted by Gasteiger charge is -2.33. The summed E-state index contributed by atoms with van der Waals surface area (Å²) in [6.07, 6.45) is 11.0. The molecule has 1 heteroatoms. The third-order valence-corrected chi connectivity index (χ3v) is 6.13. The first-order chi connectivity index (χ1) is 11.5. The van der Waals surface area contributed by atoms with Gasteiger partial charge in [0.25, 0.3) is 0 Å². The monoisotopic (exact) mass is 319 g/mol. The first kappa shape index (κ1) is 17.0. The van der Waals surface area contributed by atoms with Crippen molar-refractivity contribution in [1.29, 1.82) is 0 Å². The third kappa shape index (κ3) is 2.82. The summed E-state index contributed by atoms with van der Waals surface area (Å²) in [7, 11) is 2.08. The van der Waals surface area contributed by atoms with Crippen LogP contribution in [0, 0.1) is 0 Å². The predicted octanol–water partition coefficient (Wildman–Crippen LogP) is 5.47. The number of hydrogen-bond donors (Lipinski definition) is 1. The lowest BCUT2D eigenvalue weighted by Crippen LogP contribution is -2.43. The Morgan fingerprint density at radius 1 is 1.00 bits per heavy atom. The number of nitrogens with one attached hydrogen (secondary N) is 1. The van der Waals surface area contributed by atoms with Crippen LogP contribution in [0.3, 0.4) is 0 Å². The van der Waals surface area contributed by atoms with Crippen molar-refractivity contribution in [2.45, 2.75) is 52.0 Å². The average molecular weight is 319 g/mol. The van der Waals surface area contributed by atoms with Crippen LogP contribution in [0.15, 0.2) is 70.9 Å². The van der Waals surface area contributed by atoms with Crippen LogP contribution in [0.2, 0.25) is 0 Å². The van der Waals surface area contributed by atoms with Gasteiger partial charge >= 0.3 is 0 Å². The van der Waals surface area contributed by atoms with E-state index in [9.17, 15) is 0 Å². The maximum Gasteiger partial charge on any atom is 0.0440 e. The zero-order valence-corrected chi connectivity index (χ0v) is 15.6. The van der Waals surface area contributed by atoms with Crippen molar-refractivity contribution in [3.63, 3.8) is 0 Å². The van der Waals surface area contributed by atoms with Gasteiger partial charge in [-0.2, -0.15) is 0 Å². The lowest BCUT2D eigenvalue weighted by molar-refractivity contribution is 0.433. The zero-order chi connectivity index (χ0) is 17.3. The molecule has 2 aliphatic carbocycles. The van der Waals surface area contributed by atoms with E-state index in [0.717, 1.165) is 12.8 Å². The number of benzene rings is 1. The molecule has 0 saturated heterocycles. The quantitative estimate of drug-likeness (QED) is 0.775. The van der Waals surface area contributed by atoms with Gasteiger partial charge in [-0.25, -0.2) is 0 Å². The topological polar surface area (TPSA) is 12.0 Å². The number of allylic oxidation sites excluding steroid dienone is 6. The van der Waals surface area contributed by atoms with E-state index in [1.165, 1.54) is 33.4 Å². The van der Waals surface area contributed by atoms with Crippen LogP contribution in [0.1, 0.15) is 51.2 Å². The SMILES string of the molecule is CNC1(Cc2ccccc2C2C(C)=C(C)C(C)=C2C)C=CC=CC1. The van der Waals surface area contributed by atoms with E-state index < -0.39 is 0 Å². The summed E-state index contributed by atoms with van der Waals surface area (Å²) in [5, 5.41) is 3.56. The molecule has 0 amide bonds. The Labute approximate surface area is 146 Å². The molecule has 0 bridgehead atoms. The van der Waals surface area contributed by atoms with Gasteiger partial charge in [-0.15, -0.1) is 0 Å². The van der Waals surface area contributed by atoms with E-state index in [2.05, 4.69) is 88.6 Å². The fourth-order valence-corrected chi connectivity index (χ4v) is 4.20. The van der Waals surface area contributed by atoms with Gasteiger partial charge in [0.15, 0.2) is 0 Å². The highest BCUT2D eigenvalue weighted by Gasteiger charge is 2.31. The van der Waals surface area contributed by atoms with E-state index in [1.54, 1.807) is 0 Å². The van der Waals surface area contributed by atoms with Crippen LogP contribution in [0.5, 0.6) is 0 Å². The van der Waals surface area contributed by atoms with Gasteiger partial charge < -0.3 is 5.32 Å². The van der Waals surface area contributed by atoms with E-state index in [4.69, 9.17) is 0 Å². The minimum absolute atomic E-state index is 0.0305. The van der Waals surface area contributed by atoms with Gasteiger partial charge in [-0.1, -0.05) is 59.7 Å². The van der Waals surface area contributed by atoms with E-state index in [-0.39, 0.29) is 5.54 Å². The van der Waals surface area contributed by atoms with Gasteiger partial charge in [0.05, 0.1) is 0 Å². The summed E-state index contributed by atoms with van der Waals surface area (Å²) in [4.78, 5) is 0. The Balaban J connectivity index is 2.01. The van der Waals surface area contributed by atoms with Gasteiger partial charge in [0.1, 0.15) is 0 Å². The number of rotatable bonds is 4. The smallest absolute Gasteiger partial charge is 0.0440 e. The van der Waals surface area contributed by atoms with E-state index in [1.807, 2.05) is 0 Å². The fraction of sp³-hybridized carbons (Fsp3) is 0.391. The molecule has 1 atom stereocenters. The first-order valence-corrected chi connectivity index (χ1v) is 8.95. The van der Waals surface area contributed by atoms with Gasteiger partial charge in [-0.05, 0) is 69.9 Å². The van der Waals surface area contributed by atoms with Crippen molar-refractivity contribution < 1.29 is 0 Å². The molecule has 3 rings (SSSR count). The van der Waals surface area contributed by atoms with Crippen molar-refractivity contribution in [3.8, 4) is 0 Å². The van der Waals surface area contributed by atoms with Crippen LogP contribution in [-0.2, 0) is 6.42 Å². The summed E-state index contributed by atoms with van der Waals surface area (Å²) in [6, 6.07) is 9.00. The molecule has 0 fully saturated rings. The van der Waals surface area contributed by atoms with Crippen molar-refractivity contribution in [2.24, 2.45) is 0 Å². The Morgan fingerprint density at radius 3 is 2.25 bits per heavy atom. The zero-order valence-electron chi connectivity index (χ0n) is 15.6.